The van der Waals surface area contributed by atoms with Crippen molar-refractivity contribution in [3.05, 3.63) is 0 Å². The monoisotopic (exact) mass is 261 g/mol. The molecule has 0 unspecified atom stereocenters. The van der Waals surface area contributed by atoms with Crippen molar-refractivity contribution in [1.82, 2.24) is 4.90 Å². The molecule has 1 amide bonds. The number of hydrogen-bond acceptors (Lipinski definition) is 3. The fraction of sp³-hybridized carbons (Fsp3) is 0.833. The number of carbonyl (C=O) groups excluding carboxylic acids is 1. The van der Waals surface area contributed by atoms with Crippen molar-refractivity contribution in [2.24, 2.45) is 5.92 Å². The number of amides is 1. The normalized spacial score (nSPS) is 24.1. The van der Waals surface area contributed by atoms with Crippen LogP contribution in [-0.2, 0) is 9.53 Å². The average Bonchev–Trinajstić information content (AvgIpc) is 2.54. The number of ether oxygens (including phenoxy) is 1. The van der Waals surface area contributed by atoms with Crippen LogP contribution in [0.3, 0.4) is 0 Å². The lowest BCUT2D eigenvalue weighted by Crippen LogP contribution is -2.35. The van der Waals surface area contributed by atoms with E-state index in [4.69, 9.17) is 9.84 Å². The molecular weight excluding hydrogens is 241 g/mol. The number of nitrogens with zero attached hydrogens (tertiary/aromatic N) is 1. The molecule has 1 aliphatic heterocycles. The average molecular weight is 261 g/mol. The second kappa shape index (κ2) is 5.54. The number of aliphatic carboxylic acids is 1. The molecule has 2 atom stereocenters. The number of carbonyl (C=O) groups is 2. The largest absolute Gasteiger partial charge is 0.481 e. The molecule has 5 nitrogen and oxygen atoms in total. The summed E-state index contributed by atoms with van der Waals surface area (Å²) in [5.41, 5.74) is -0.609. The lowest BCUT2D eigenvalue weighted by Gasteiger charge is -2.24. The van der Waals surface area contributed by atoms with Crippen LogP contribution < -0.4 is 0 Å². The molecule has 1 saturated heterocycles. The van der Waals surface area contributed by atoms with Gasteiger partial charge in [-0.15, -0.1) is 0 Å². The summed E-state index contributed by atoms with van der Waals surface area (Å²) in [6.07, 6.45) is -1.54. The zero-order valence-corrected chi connectivity index (χ0v) is 11.0. The van der Waals surface area contributed by atoms with Gasteiger partial charge in [0.2, 0.25) is 0 Å². The lowest BCUT2D eigenvalue weighted by molar-refractivity contribution is -0.137. The number of halogens is 1. The van der Waals surface area contributed by atoms with Crippen LogP contribution in [0.1, 0.15) is 33.6 Å². The lowest BCUT2D eigenvalue weighted by atomic mass is 10.0. The van der Waals surface area contributed by atoms with Gasteiger partial charge in [0.15, 0.2) is 0 Å². The summed E-state index contributed by atoms with van der Waals surface area (Å²) in [5.74, 6) is -1.36. The second-order valence-electron chi connectivity index (χ2n) is 5.59. The third kappa shape index (κ3) is 4.50. The van der Waals surface area contributed by atoms with E-state index in [1.807, 2.05) is 0 Å². The summed E-state index contributed by atoms with van der Waals surface area (Å²) < 4.78 is 18.8. The Bertz CT molecular complexity index is 327. The van der Waals surface area contributed by atoms with Gasteiger partial charge < -0.3 is 14.7 Å². The van der Waals surface area contributed by atoms with Gasteiger partial charge in [-0.2, -0.15) is 0 Å². The van der Waals surface area contributed by atoms with Crippen molar-refractivity contribution in [1.29, 1.82) is 0 Å². The van der Waals surface area contributed by atoms with Crippen LogP contribution in [0.15, 0.2) is 0 Å². The van der Waals surface area contributed by atoms with E-state index in [0.717, 1.165) is 0 Å². The molecule has 1 N–H and O–H groups in total. The third-order valence-corrected chi connectivity index (χ3v) is 2.74. The Labute approximate surface area is 106 Å². The molecule has 0 aromatic heterocycles. The van der Waals surface area contributed by atoms with Crippen molar-refractivity contribution in [2.75, 3.05) is 13.1 Å². The molecule has 0 aliphatic carbocycles. The van der Waals surface area contributed by atoms with E-state index in [-0.39, 0.29) is 25.9 Å². The first-order valence-electron chi connectivity index (χ1n) is 6.03. The van der Waals surface area contributed by atoms with E-state index in [1.54, 1.807) is 20.8 Å². The predicted octanol–water partition coefficient (Wildman–Crippen LogP) is 2.06. The molecule has 0 spiro atoms. The maximum Gasteiger partial charge on any atom is 0.410 e. The number of likely N-dealkylation sites (tertiary alicyclic amines) is 1. The highest BCUT2D eigenvalue weighted by atomic mass is 19.1. The Balaban J connectivity index is 2.47. The summed E-state index contributed by atoms with van der Waals surface area (Å²) in [6, 6.07) is 0. The van der Waals surface area contributed by atoms with Crippen molar-refractivity contribution in [2.45, 2.75) is 45.4 Å². The van der Waals surface area contributed by atoms with E-state index in [9.17, 15) is 14.0 Å². The highest BCUT2D eigenvalue weighted by Gasteiger charge is 2.37. The van der Waals surface area contributed by atoms with Crippen LogP contribution in [0, 0.1) is 5.92 Å². The maximum absolute atomic E-state index is 13.6. The van der Waals surface area contributed by atoms with Crippen molar-refractivity contribution >= 4 is 12.1 Å². The third-order valence-electron chi connectivity index (χ3n) is 2.74. The fourth-order valence-corrected chi connectivity index (χ4v) is 1.89. The highest BCUT2D eigenvalue weighted by Crippen LogP contribution is 2.25. The van der Waals surface area contributed by atoms with Gasteiger partial charge in [-0.3, -0.25) is 4.79 Å². The molecule has 1 fully saturated rings. The zero-order valence-electron chi connectivity index (χ0n) is 11.0. The molecule has 1 rings (SSSR count). The fourth-order valence-electron chi connectivity index (χ4n) is 1.89. The van der Waals surface area contributed by atoms with Crippen molar-refractivity contribution in [3.63, 3.8) is 0 Å². The molecule has 0 aromatic rings. The van der Waals surface area contributed by atoms with E-state index >= 15 is 0 Å². The maximum atomic E-state index is 13.6. The van der Waals surface area contributed by atoms with Crippen molar-refractivity contribution < 1.29 is 23.8 Å². The minimum Gasteiger partial charge on any atom is -0.481 e. The molecule has 0 aromatic carbocycles. The van der Waals surface area contributed by atoms with Gasteiger partial charge in [0.05, 0.1) is 6.54 Å². The first-order chi connectivity index (χ1) is 8.19. The molecule has 18 heavy (non-hydrogen) atoms. The summed E-state index contributed by atoms with van der Waals surface area (Å²) >= 11 is 0. The van der Waals surface area contributed by atoms with Crippen LogP contribution in [-0.4, -0.2) is 46.9 Å². The molecule has 0 radical (unpaired) electrons. The van der Waals surface area contributed by atoms with Gasteiger partial charge in [-0.25, -0.2) is 9.18 Å². The summed E-state index contributed by atoms with van der Waals surface area (Å²) in [5, 5.41) is 8.56. The SMILES string of the molecule is CC(C)(C)OC(=O)N1C[C@H](CCC(=O)O)[C@H](F)C1. The predicted molar refractivity (Wildman–Crippen MR) is 63.1 cm³/mol. The smallest absolute Gasteiger partial charge is 0.410 e. The van der Waals surface area contributed by atoms with Gasteiger partial charge in [0.25, 0.3) is 0 Å². The molecule has 1 heterocycles. The van der Waals surface area contributed by atoms with Crippen LogP contribution >= 0.6 is 0 Å². The quantitative estimate of drug-likeness (QED) is 0.844. The number of hydrogen-bond donors (Lipinski definition) is 1. The first kappa shape index (κ1) is 14.7. The molecule has 6 heteroatoms. The van der Waals surface area contributed by atoms with Gasteiger partial charge in [0, 0.05) is 18.9 Å². The van der Waals surface area contributed by atoms with E-state index in [2.05, 4.69) is 0 Å². The summed E-state index contributed by atoms with van der Waals surface area (Å²) in [7, 11) is 0. The van der Waals surface area contributed by atoms with E-state index in [1.165, 1.54) is 4.90 Å². The number of rotatable bonds is 3. The number of carboxylic acid groups (broad SMARTS) is 1. The highest BCUT2D eigenvalue weighted by molar-refractivity contribution is 5.69. The van der Waals surface area contributed by atoms with E-state index in [0.29, 0.717) is 0 Å². The standard InChI is InChI=1S/C12H20FNO4/c1-12(2,3)18-11(17)14-6-8(9(13)7-14)4-5-10(15)16/h8-9H,4-7H2,1-3H3,(H,15,16)/t8-,9+/m0/s1. The Morgan fingerprint density at radius 2 is 2.00 bits per heavy atom. The van der Waals surface area contributed by atoms with Crippen LogP contribution in [0.5, 0.6) is 0 Å². The van der Waals surface area contributed by atoms with Gasteiger partial charge in [0.1, 0.15) is 11.8 Å². The van der Waals surface area contributed by atoms with Crippen LogP contribution in [0.2, 0.25) is 0 Å². The number of alkyl halides is 1. The van der Waals surface area contributed by atoms with Crippen LogP contribution in [0.25, 0.3) is 0 Å². The van der Waals surface area contributed by atoms with Crippen molar-refractivity contribution in [3.8, 4) is 0 Å². The Morgan fingerprint density at radius 1 is 1.39 bits per heavy atom. The Morgan fingerprint density at radius 3 is 2.50 bits per heavy atom. The van der Waals surface area contributed by atoms with E-state index < -0.39 is 29.8 Å². The summed E-state index contributed by atoms with van der Waals surface area (Å²) in [6.45, 7) is 5.45. The Hall–Kier alpha value is -1.33. The molecule has 0 bridgehead atoms. The number of carboxylic acids is 1. The molecule has 0 saturated carbocycles. The first-order valence-corrected chi connectivity index (χ1v) is 6.03. The van der Waals surface area contributed by atoms with Gasteiger partial charge in [-0.1, -0.05) is 0 Å². The van der Waals surface area contributed by atoms with Gasteiger partial charge >= 0.3 is 12.1 Å². The van der Waals surface area contributed by atoms with Crippen LogP contribution in [0.4, 0.5) is 9.18 Å². The zero-order chi connectivity index (χ0) is 13.9. The van der Waals surface area contributed by atoms with Gasteiger partial charge in [-0.05, 0) is 27.2 Å². The topological polar surface area (TPSA) is 66.8 Å². The molecule has 1 aliphatic rings. The Kier molecular flexibility index (Phi) is 4.53. The minimum absolute atomic E-state index is 0.0147. The summed E-state index contributed by atoms with van der Waals surface area (Å²) in [4.78, 5) is 23.5. The minimum atomic E-state index is -1.17. The molecule has 104 valence electrons. The second-order valence-corrected chi connectivity index (χ2v) is 5.59. The molecular formula is C12H20FNO4.